The first-order valence-electron chi connectivity index (χ1n) is 5.52. The van der Waals surface area contributed by atoms with E-state index in [1.807, 2.05) is 6.07 Å². The minimum absolute atomic E-state index is 0.827. The molecular formula is C11H17BrN2O. The molecule has 0 atom stereocenters. The van der Waals surface area contributed by atoms with Gasteiger partial charge in [0.05, 0.1) is 6.26 Å². The molecule has 1 aromatic heterocycles. The molecule has 0 bridgehead atoms. The van der Waals surface area contributed by atoms with Crippen LogP contribution in [-0.4, -0.2) is 19.1 Å². The molecule has 0 aliphatic heterocycles. The van der Waals surface area contributed by atoms with E-state index in [9.17, 15) is 0 Å². The van der Waals surface area contributed by atoms with Crippen LogP contribution in [0, 0.1) is 0 Å². The first-order valence-corrected chi connectivity index (χ1v) is 6.31. The third-order valence-electron chi connectivity index (χ3n) is 2.55. The van der Waals surface area contributed by atoms with Crippen LogP contribution < -0.4 is 10.6 Å². The summed E-state index contributed by atoms with van der Waals surface area (Å²) >= 11 is 3.36. The van der Waals surface area contributed by atoms with Crippen LogP contribution in [0.15, 0.2) is 21.4 Å². The van der Waals surface area contributed by atoms with Crippen LogP contribution in [0.3, 0.4) is 0 Å². The fourth-order valence-corrected chi connectivity index (χ4v) is 1.86. The van der Waals surface area contributed by atoms with Crippen LogP contribution in [0.25, 0.3) is 0 Å². The van der Waals surface area contributed by atoms with Crippen molar-refractivity contribution in [3.63, 3.8) is 0 Å². The molecule has 1 aliphatic carbocycles. The van der Waals surface area contributed by atoms with Gasteiger partial charge in [-0.05, 0) is 54.3 Å². The van der Waals surface area contributed by atoms with Gasteiger partial charge in [-0.25, -0.2) is 0 Å². The number of nitrogens with one attached hydrogen (secondary N) is 2. The van der Waals surface area contributed by atoms with Gasteiger partial charge in [-0.15, -0.1) is 0 Å². The Balaban J connectivity index is 1.49. The summed E-state index contributed by atoms with van der Waals surface area (Å²) in [6, 6.07) is 2.81. The van der Waals surface area contributed by atoms with E-state index in [1.165, 1.54) is 24.8 Å². The van der Waals surface area contributed by atoms with Gasteiger partial charge in [0.25, 0.3) is 0 Å². The van der Waals surface area contributed by atoms with Crippen molar-refractivity contribution in [2.75, 3.05) is 13.1 Å². The van der Waals surface area contributed by atoms with E-state index >= 15 is 0 Å². The zero-order chi connectivity index (χ0) is 10.5. The summed E-state index contributed by atoms with van der Waals surface area (Å²) in [5.41, 5.74) is 1.19. The van der Waals surface area contributed by atoms with E-state index in [2.05, 4.69) is 26.6 Å². The van der Waals surface area contributed by atoms with Gasteiger partial charge in [0.1, 0.15) is 0 Å². The Labute approximate surface area is 98.7 Å². The molecule has 0 amide bonds. The molecule has 0 spiro atoms. The van der Waals surface area contributed by atoms with Gasteiger partial charge in [-0.1, -0.05) is 0 Å². The lowest BCUT2D eigenvalue weighted by atomic mass is 10.3. The van der Waals surface area contributed by atoms with Crippen LogP contribution in [0.5, 0.6) is 0 Å². The maximum absolute atomic E-state index is 5.15. The van der Waals surface area contributed by atoms with Crippen molar-refractivity contribution >= 4 is 15.9 Å². The Morgan fingerprint density at radius 2 is 2.27 bits per heavy atom. The van der Waals surface area contributed by atoms with Crippen LogP contribution in [0.1, 0.15) is 24.8 Å². The summed E-state index contributed by atoms with van der Waals surface area (Å²) in [6.07, 6.45) is 5.63. The molecule has 1 aliphatic rings. The molecule has 1 aromatic rings. The number of halogens is 1. The molecule has 15 heavy (non-hydrogen) atoms. The van der Waals surface area contributed by atoms with Gasteiger partial charge in [0.2, 0.25) is 0 Å². The fourth-order valence-electron chi connectivity index (χ4n) is 1.48. The van der Waals surface area contributed by atoms with Crippen LogP contribution in [-0.2, 0) is 6.54 Å². The van der Waals surface area contributed by atoms with Crippen molar-refractivity contribution < 1.29 is 4.42 Å². The molecule has 2 rings (SSSR count). The Hall–Kier alpha value is -0.320. The lowest BCUT2D eigenvalue weighted by Gasteiger charge is -2.04. The average molecular weight is 273 g/mol. The molecule has 0 radical (unpaired) electrons. The highest BCUT2D eigenvalue weighted by molar-refractivity contribution is 9.10. The number of hydrogen-bond acceptors (Lipinski definition) is 3. The first kappa shape index (κ1) is 11.2. The van der Waals surface area contributed by atoms with Gasteiger partial charge in [-0.3, -0.25) is 0 Å². The number of furan rings is 1. The Bertz CT molecular complexity index is 297. The molecule has 1 heterocycles. The molecule has 84 valence electrons. The highest BCUT2D eigenvalue weighted by atomic mass is 79.9. The smallest absolute Gasteiger partial charge is 0.173 e. The third-order valence-corrected chi connectivity index (χ3v) is 3.25. The molecule has 0 aromatic carbocycles. The number of rotatable bonds is 7. The summed E-state index contributed by atoms with van der Waals surface area (Å²) in [7, 11) is 0. The standard InChI is InChI=1S/C11H17BrN2O/c12-11-9(4-7-15-11)8-13-5-1-6-14-10-2-3-10/h4,7,10,13-14H,1-3,5-6,8H2. The Kier molecular flexibility index (Phi) is 4.23. The van der Waals surface area contributed by atoms with Crippen molar-refractivity contribution in [1.82, 2.24) is 10.6 Å². The van der Waals surface area contributed by atoms with Crippen molar-refractivity contribution in [2.45, 2.75) is 31.8 Å². The fraction of sp³-hybridized carbons (Fsp3) is 0.636. The van der Waals surface area contributed by atoms with Crippen LogP contribution in [0.2, 0.25) is 0 Å². The summed E-state index contributed by atoms with van der Waals surface area (Å²) in [5, 5.41) is 6.89. The summed E-state index contributed by atoms with van der Waals surface area (Å²) in [5.74, 6) is 0. The van der Waals surface area contributed by atoms with E-state index in [4.69, 9.17) is 4.42 Å². The predicted molar refractivity (Wildman–Crippen MR) is 63.8 cm³/mol. The van der Waals surface area contributed by atoms with E-state index in [0.29, 0.717) is 0 Å². The van der Waals surface area contributed by atoms with Crippen molar-refractivity contribution in [2.24, 2.45) is 0 Å². The van der Waals surface area contributed by atoms with Crippen molar-refractivity contribution in [3.8, 4) is 0 Å². The quantitative estimate of drug-likeness (QED) is 0.748. The average Bonchev–Trinajstić information content (AvgIpc) is 2.96. The molecule has 3 nitrogen and oxygen atoms in total. The molecular weight excluding hydrogens is 256 g/mol. The van der Waals surface area contributed by atoms with Gasteiger partial charge >= 0.3 is 0 Å². The van der Waals surface area contributed by atoms with Crippen LogP contribution in [0.4, 0.5) is 0 Å². The highest BCUT2D eigenvalue weighted by Gasteiger charge is 2.19. The second kappa shape index (κ2) is 5.68. The Morgan fingerprint density at radius 1 is 1.40 bits per heavy atom. The summed E-state index contributed by atoms with van der Waals surface area (Å²) in [4.78, 5) is 0. The normalized spacial score (nSPS) is 15.8. The highest BCUT2D eigenvalue weighted by Crippen LogP contribution is 2.18. The molecule has 2 N–H and O–H groups in total. The van der Waals surface area contributed by atoms with Gasteiger partial charge in [0.15, 0.2) is 4.67 Å². The third kappa shape index (κ3) is 3.97. The Morgan fingerprint density at radius 3 is 2.93 bits per heavy atom. The van der Waals surface area contributed by atoms with Gasteiger partial charge < -0.3 is 15.1 Å². The molecule has 1 saturated carbocycles. The maximum atomic E-state index is 5.15. The van der Waals surface area contributed by atoms with Gasteiger partial charge in [-0.2, -0.15) is 0 Å². The number of hydrogen-bond donors (Lipinski definition) is 2. The summed E-state index contributed by atoms with van der Waals surface area (Å²) in [6.45, 7) is 3.06. The first-order chi connectivity index (χ1) is 7.36. The van der Waals surface area contributed by atoms with Gasteiger partial charge in [0, 0.05) is 18.2 Å². The minimum Gasteiger partial charge on any atom is -0.457 e. The lowest BCUT2D eigenvalue weighted by Crippen LogP contribution is -2.23. The molecule has 0 unspecified atom stereocenters. The van der Waals surface area contributed by atoms with E-state index in [0.717, 1.165) is 30.3 Å². The summed E-state index contributed by atoms with van der Waals surface area (Å²) < 4.78 is 5.99. The van der Waals surface area contributed by atoms with E-state index < -0.39 is 0 Å². The minimum atomic E-state index is 0.827. The topological polar surface area (TPSA) is 37.2 Å². The molecule has 1 fully saturated rings. The predicted octanol–water partition coefficient (Wildman–Crippen LogP) is 2.27. The van der Waals surface area contributed by atoms with Crippen LogP contribution >= 0.6 is 15.9 Å². The zero-order valence-electron chi connectivity index (χ0n) is 8.76. The van der Waals surface area contributed by atoms with Crippen molar-refractivity contribution in [1.29, 1.82) is 0 Å². The second-order valence-electron chi connectivity index (χ2n) is 3.98. The second-order valence-corrected chi connectivity index (χ2v) is 4.70. The SMILES string of the molecule is Brc1occc1CNCCCNC1CC1. The maximum Gasteiger partial charge on any atom is 0.173 e. The zero-order valence-corrected chi connectivity index (χ0v) is 10.3. The monoisotopic (exact) mass is 272 g/mol. The lowest BCUT2D eigenvalue weighted by molar-refractivity contribution is 0.531. The molecule has 4 heteroatoms. The molecule has 0 saturated heterocycles. The van der Waals surface area contributed by atoms with E-state index in [-0.39, 0.29) is 0 Å². The largest absolute Gasteiger partial charge is 0.457 e. The van der Waals surface area contributed by atoms with E-state index in [1.54, 1.807) is 6.26 Å². The van der Waals surface area contributed by atoms with Crippen molar-refractivity contribution in [3.05, 3.63) is 22.6 Å².